The third kappa shape index (κ3) is 10.4. The summed E-state index contributed by atoms with van der Waals surface area (Å²) in [6, 6.07) is 10.00. The predicted molar refractivity (Wildman–Crippen MR) is 93.8 cm³/mol. The van der Waals surface area contributed by atoms with Crippen molar-refractivity contribution in [2.75, 3.05) is 20.3 Å². The molecule has 1 rings (SSSR count). The van der Waals surface area contributed by atoms with Gasteiger partial charge in [-0.15, -0.1) is 0 Å². The topological polar surface area (TPSA) is 29.5 Å². The molecule has 0 saturated carbocycles. The lowest BCUT2D eigenvalue weighted by molar-refractivity contribution is -0.135. The molecule has 1 aromatic rings. The Kier molecular flexibility index (Phi) is 12.5. The van der Waals surface area contributed by atoms with Crippen molar-refractivity contribution < 1.29 is 9.53 Å². The zero-order valence-electron chi connectivity index (χ0n) is 15.0. The van der Waals surface area contributed by atoms with Crippen LogP contribution < -0.4 is 0 Å². The number of likely N-dealkylation sites (N-methyl/N-ethyl adjacent to an activating group) is 1. The lowest BCUT2D eigenvalue weighted by atomic mass is 10.1. The maximum atomic E-state index is 11.9. The van der Waals surface area contributed by atoms with Crippen molar-refractivity contribution in [2.45, 2.75) is 53.5 Å². The van der Waals surface area contributed by atoms with Crippen LogP contribution in [-0.2, 0) is 16.1 Å². The van der Waals surface area contributed by atoms with Crippen molar-refractivity contribution >= 4 is 5.91 Å². The standard InChI is InChI=1S/C17H27NO2.C2H6/c1-15(2)9-7-8-12-20-14-17(19)18(3)13-16-10-5-4-6-11-16;1-2/h4-6,10-11,15H,7-9,12-14H2,1-3H3;1-2H3. The van der Waals surface area contributed by atoms with Gasteiger partial charge in [0.05, 0.1) is 0 Å². The Hall–Kier alpha value is -1.35. The summed E-state index contributed by atoms with van der Waals surface area (Å²) >= 11 is 0. The van der Waals surface area contributed by atoms with E-state index < -0.39 is 0 Å². The van der Waals surface area contributed by atoms with Crippen molar-refractivity contribution in [3.63, 3.8) is 0 Å². The van der Waals surface area contributed by atoms with Gasteiger partial charge in [-0.05, 0) is 17.9 Å². The Morgan fingerprint density at radius 3 is 2.36 bits per heavy atom. The second-order valence-corrected chi connectivity index (χ2v) is 5.68. The minimum absolute atomic E-state index is 0.0395. The quantitative estimate of drug-likeness (QED) is 0.628. The van der Waals surface area contributed by atoms with Crippen LogP contribution in [0, 0.1) is 5.92 Å². The molecule has 3 nitrogen and oxygen atoms in total. The minimum atomic E-state index is 0.0395. The summed E-state index contributed by atoms with van der Waals surface area (Å²) < 4.78 is 5.44. The molecule has 0 radical (unpaired) electrons. The fourth-order valence-electron chi connectivity index (χ4n) is 1.97. The number of hydrogen-bond donors (Lipinski definition) is 0. The SMILES string of the molecule is CC.CC(C)CCCCOCC(=O)N(C)Cc1ccccc1. The van der Waals surface area contributed by atoms with Crippen LogP contribution in [0.3, 0.4) is 0 Å². The van der Waals surface area contributed by atoms with Gasteiger partial charge in [-0.3, -0.25) is 4.79 Å². The maximum absolute atomic E-state index is 11.9. The van der Waals surface area contributed by atoms with Crippen LogP contribution in [0.1, 0.15) is 52.5 Å². The average molecular weight is 307 g/mol. The largest absolute Gasteiger partial charge is 0.372 e. The van der Waals surface area contributed by atoms with E-state index in [1.54, 1.807) is 4.90 Å². The Morgan fingerprint density at radius 1 is 1.14 bits per heavy atom. The first-order valence-electron chi connectivity index (χ1n) is 8.45. The predicted octanol–water partition coefficient (Wildman–Crippen LogP) is 4.51. The van der Waals surface area contributed by atoms with Gasteiger partial charge in [-0.25, -0.2) is 0 Å². The zero-order valence-corrected chi connectivity index (χ0v) is 15.0. The number of nitrogens with zero attached hydrogens (tertiary/aromatic N) is 1. The first kappa shape index (κ1) is 20.6. The third-order valence-electron chi connectivity index (χ3n) is 3.23. The highest BCUT2D eigenvalue weighted by atomic mass is 16.5. The number of unbranched alkanes of at least 4 members (excludes halogenated alkanes) is 1. The van der Waals surface area contributed by atoms with E-state index in [1.165, 1.54) is 12.8 Å². The maximum Gasteiger partial charge on any atom is 0.248 e. The van der Waals surface area contributed by atoms with Crippen LogP contribution in [0.25, 0.3) is 0 Å². The number of rotatable bonds is 9. The molecule has 0 aliphatic heterocycles. The zero-order chi connectivity index (χ0) is 16.8. The number of ether oxygens (including phenoxy) is 1. The Balaban J connectivity index is 0.00000211. The van der Waals surface area contributed by atoms with Gasteiger partial charge in [0.1, 0.15) is 6.61 Å². The Morgan fingerprint density at radius 2 is 1.77 bits per heavy atom. The van der Waals surface area contributed by atoms with Crippen LogP contribution in [0.15, 0.2) is 30.3 Å². The molecule has 22 heavy (non-hydrogen) atoms. The lowest BCUT2D eigenvalue weighted by Crippen LogP contribution is -2.30. The molecular formula is C19H33NO2. The van der Waals surface area contributed by atoms with Gasteiger partial charge in [0.25, 0.3) is 0 Å². The van der Waals surface area contributed by atoms with Crippen molar-refractivity contribution in [3.05, 3.63) is 35.9 Å². The first-order chi connectivity index (χ1) is 10.6. The van der Waals surface area contributed by atoms with Gasteiger partial charge in [0.15, 0.2) is 0 Å². The fourth-order valence-corrected chi connectivity index (χ4v) is 1.97. The van der Waals surface area contributed by atoms with Gasteiger partial charge in [0, 0.05) is 20.2 Å². The van der Waals surface area contributed by atoms with Crippen LogP contribution in [-0.4, -0.2) is 31.1 Å². The van der Waals surface area contributed by atoms with E-state index in [0.717, 1.165) is 17.9 Å². The van der Waals surface area contributed by atoms with Crippen LogP contribution in [0.5, 0.6) is 0 Å². The molecule has 0 unspecified atom stereocenters. The number of benzene rings is 1. The number of carbonyl (C=O) groups excluding carboxylic acids is 1. The van der Waals surface area contributed by atoms with Gasteiger partial charge < -0.3 is 9.64 Å². The van der Waals surface area contributed by atoms with Crippen molar-refractivity contribution in [3.8, 4) is 0 Å². The molecule has 0 aromatic heterocycles. The highest BCUT2D eigenvalue weighted by molar-refractivity contribution is 5.77. The molecular weight excluding hydrogens is 274 g/mol. The summed E-state index contributed by atoms with van der Waals surface area (Å²) in [6.45, 7) is 9.95. The van der Waals surface area contributed by atoms with Crippen LogP contribution >= 0.6 is 0 Å². The van der Waals surface area contributed by atoms with Gasteiger partial charge in [0.2, 0.25) is 5.91 Å². The minimum Gasteiger partial charge on any atom is -0.372 e. The summed E-state index contributed by atoms with van der Waals surface area (Å²) in [5, 5.41) is 0. The molecule has 0 N–H and O–H groups in total. The average Bonchev–Trinajstić information content (AvgIpc) is 2.53. The summed E-state index contributed by atoms with van der Waals surface area (Å²) in [7, 11) is 1.82. The lowest BCUT2D eigenvalue weighted by Gasteiger charge is -2.17. The molecule has 3 heteroatoms. The third-order valence-corrected chi connectivity index (χ3v) is 3.23. The molecule has 0 spiro atoms. The molecule has 0 fully saturated rings. The van der Waals surface area contributed by atoms with Crippen molar-refractivity contribution in [1.82, 2.24) is 4.90 Å². The molecule has 0 saturated heterocycles. The van der Waals surface area contributed by atoms with Gasteiger partial charge >= 0.3 is 0 Å². The monoisotopic (exact) mass is 307 g/mol. The summed E-state index contributed by atoms with van der Waals surface area (Å²) in [5.41, 5.74) is 1.14. The van der Waals surface area contributed by atoms with E-state index in [0.29, 0.717) is 13.2 Å². The van der Waals surface area contributed by atoms with E-state index in [9.17, 15) is 4.79 Å². The van der Waals surface area contributed by atoms with Gasteiger partial charge in [-0.1, -0.05) is 70.9 Å². The summed E-state index contributed by atoms with van der Waals surface area (Å²) in [4.78, 5) is 13.6. The highest BCUT2D eigenvalue weighted by Crippen LogP contribution is 2.06. The molecule has 0 heterocycles. The Labute approximate surface area is 136 Å². The first-order valence-corrected chi connectivity index (χ1v) is 8.45. The Bertz CT molecular complexity index is 376. The molecule has 0 atom stereocenters. The van der Waals surface area contributed by atoms with Crippen LogP contribution in [0.2, 0.25) is 0 Å². The normalized spacial score (nSPS) is 10.1. The molecule has 0 bridgehead atoms. The second-order valence-electron chi connectivity index (χ2n) is 5.68. The highest BCUT2D eigenvalue weighted by Gasteiger charge is 2.08. The molecule has 1 aromatic carbocycles. The van der Waals surface area contributed by atoms with Crippen molar-refractivity contribution in [1.29, 1.82) is 0 Å². The van der Waals surface area contributed by atoms with E-state index in [1.807, 2.05) is 51.2 Å². The summed E-state index contributed by atoms with van der Waals surface area (Å²) in [5.74, 6) is 0.784. The number of hydrogen-bond acceptors (Lipinski definition) is 2. The van der Waals surface area contributed by atoms with Crippen LogP contribution in [0.4, 0.5) is 0 Å². The van der Waals surface area contributed by atoms with E-state index in [2.05, 4.69) is 13.8 Å². The van der Waals surface area contributed by atoms with E-state index >= 15 is 0 Å². The fraction of sp³-hybridized carbons (Fsp3) is 0.632. The summed E-state index contributed by atoms with van der Waals surface area (Å²) in [6.07, 6.45) is 3.44. The van der Waals surface area contributed by atoms with E-state index in [4.69, 9.17) is 4.74 Å². The van der Waals surface area contributed by atoms with Crippen molar-refractivity contribution in [2.24, 2.45) is 5.92 Å². The number of amides is 1. The smallest absolute Gasteiger partial charge is 0.248 e. The van der Waals surface area contributed by atoms with E-state index in [-0.39, 0.29) is 12.5 Å². The molecule has 1 amide bonds. The second kappa shape index (κ2) is 13.3. The molecule has 0 aliphatic carbocycles. The van der Waals surface area contributed by atoms with Gasteiger partial charge in [-0.2, -0.15) is 0 Å². The molecule has 126 valence electrons. The number of carbonyl (C=O) groups is 1. The molecule has 0 aliphatic rings.